The molecule has 35 heavy (non-hydrogen) atoms. The van der Waals surface area contributed by atoms with Crippen molar-refractivity contribution in [1.29, 1.82) is 0 Å². The van der Waals surface area contributed by atoms with Gasteiger partial charge in [-0.25, -0.2) is 0 Å². The van der Waals surface area contributed by atoms with Gasteiger partial charge in [0, 0.05) is 0 Å². The van der Waals surface area contributed by atoms with Crippen molar-refractivity contribution in [1.82, 2.24) is 4.90 Å². The van der Waals surface area contributed by atoms with Crippen LogP contribution in [-0.4, -0.2) is 31.7 Å². The van der Waals surface area contributed by atoms with Gasteiger partial charge in [0.05, 0.1) is 0 Å². The van der Waals surface area contributed by atoms with Crippen LogP contribution in [-0.2, 0) is 36.8 Å². The summed E-state index contributed by atoms with van der Waals surface area (Å²) in [5.41, 5.74) is 6.13. The van der Waals surface area contributed by atoms with Crippen molar-refractivity contribution in [2.24, 2.45) is 0 Å². The summed E-state index contributed by atoms with van der Waals surface area (Å²) in [6.45, 7) is 8.75. The van der Waals surface area contributed by atoms with Crippen molar-refractivity contribution < 1.29 is 20.8 Å². The van der Waals surface area contributed by atoms with Gasteiger partial charge in [0.15, 0.2) is 0 Å². The normalized spacial score (nSPS) is 16.6. The first-order valence-electron chi connectivity index (χ1n) is 13.4. The zero-order valence-corrected chi connectivity index (χ0v) is 27.2. The van der Waals surface area contributed by atoms with Crippen LogP contribution in [0.25, 0.3) is 0 Å². The van der Waals surface area contributed by atoms with Gasteiger partial charge in [-0.15, -0.1) is 24.8 Å². The average molecular weight is 574 g/mol. The van der Waals surface area contributed by atoms with E-state index in [0.29, 0.717) is 10.3 Å². The summed E-state index contributed by atoms with van der Waals surface area (Å²) in [6, 6.07) is 17.0. The molecule has 0 aliphatic heterocycles. The van der Waals surface area contributed by atoms with Crippen LogP contribution in [0, 0.1) is 0 Å². The van der Waals surface area contributed by atoms with Crippen LogP contribution in [0.5, 0.6) is 5.75 Å². The van der Waals surface area contributed by atoms with E-state index in [1.807, 2.05) is 0 Å². The molecule has 0 saturated carbocycles. The van der Waals surface area contributed by atoms with Gasteiger partial charge >= 0.3 is 212 Å². The van der Waals surface area contributed by atoms with Crippen LogP contribution < -0.4 is 3.32 Å². The zero-order valence-electron chi connectivity index (χ0n) is 22.8. The second kappa shape index (κ2) is 16.5. The molecule has 1 aliphatic carbocycles. The van der Waals surface area contributed by atoms with Crippen molar-refractivity contribution in [3.63, 3.8) is 0 Å². The Hall–Kier alpha value is -0.289. The number of fused-ring (bicyclic) bond motifs is 1. The largest absolute Gasteiger partial charge is 0.147 e. The standard InChI is InChI=1S/C16H26O.C11H14N.C2H7Si.2ClH.Ti/c1-3-5-7-9-14-11-15(10-8-6-4-2)13-16(17)12-14;1-12(2)11-7-9-5-3-4-6-10(9)8-11;1-3-2;;;/h11-13,17H,3-10H2,1-2H3;3-7,11H,8H2,1-2H3;3H,1-2H3;2*1H;/q;;;;;+1/p-1. The number of aryl methyl sites for hydroxylation is 2. The average Bonchev–Trinajstić information content (AvgIpc) is 3.17. The van der Waals surface area contributed by atoms with E-state index >= 15 is 0 Å². The first-order valence-corrected chi connectivity index (χ1v) is 20.5. The fourth-order valence-corrected chi connectivity index (χ4v) is 15.9. The molecule has 0 heterocycles. The van der Waals surface area contributed by atoms with Crippen molar-refractivity contribution in [2.45, 2.75) is 95.0 Å². The molecule has 2 atom stereocenters. The molecule has 0 spiro atoms. The van der Waals surface area contributed by atoms with Gasteiger partial charge in [-0.2, -0.15) is 0 Å². The summed E-state index contributed by atoms with van der Waals surface area (Å²) in [4.78, 5) is 2.47. The molecule has 0 fully saturated rings. The van der Waals surface area contributed by atoms with E-state index in [2.05, 4.69) is 88.4 Å². The SMILES string of the molecule is CCCCCc1cc(CCCCC)cc([O][Ti]([CH]2c3ccccc3CC2N(C)C)[SiH](C)C)c1.Cl.Cl. The maximum absolute atomic E-state index is 7.19. The van der Waals surface area contributed by atoms with Gasteiger partial charge in [0.2, 0.25) is 0 Å². The molecule has 2 unspecified atom stereocenters. The second-order valence-electron chi connectivity index (χ2n) is 10.5. The third kappa shape index (κ3) is 9.20. The van der Waals surface area contributed by atoms with Crippen molar-refractivity contribution >= 4 is 31.5 Å². The fraction of sp³-hybridized carbons (Fsp3) is 0.586. The topological polar surface area (TPSA) is 12.5 Å². The smallest absolute Gasteiger partial charge is 0.147 e. The van der Waals surface area contributed by atoms with Gasteiger partial charge in [0.1, 0.15) is 0 Å². The maximum Gasteiger partial charge on any atom is -0.147 e. The first-order chi connectivity index (χ1) is 15.9. The van der Waals surface area contributed by atoms with Gasteiger partial charge in [-0.3, -0.25) is 0 Å². The zero-order chi connectivity index (χ0) is 23.8. The predicted molar refractivity (Wildman–Crippen MR) is 157 cm³/mol. The van der Waals surface area contributed by atoms with E-state index in [1.165, 1.54) is 74.7 Å². The number of halogens is 2. The van der Waals surface area contributed by atoms with Crippen molar-refractivity contribution in [3.8, 4) is 5.75 Å². The number of rotatable bonds is 13. The Balaban J connectivity index is 0.00000306. The van der Waals surface area contributed by atoms with E-state index in [9.17, 15) is 0 Å². The minimum absolute atomic E-state index is 0. The van der Waals surface area contributed by atoms with Gasteiger partial charge in [0.25, 0.3) is 0 Å². The Bertz CT molecular complexity index is 851. The van der Waals surface area contributed by atoms with Crippen molar-refractivity contribution in [3.05, 3.63) is 64.7 Å². The molecule has 197 valence electrons. The minimum Gasteiger partial charge on any atom is -0.147 e. The van der Waals surface area contributed by atoms with Gasteiger partial charge in [-0.05, 0) is 0 Å². The number of likely N-dealkylation sites (N-methyl/N-ethyl adjacent to an activating group) is 1. The summed E-state index contributed by atoms with van der Waals surface area (Å²) >= 11 is -1.80. The molecule has 0 aromatic heterocycles. The molecule has 0 radical (unpaired) electrons. The number of unbranched alkanes of at least 4 members (excludes halogenated alkanes) is 4. The molecular weight excluding hydrogens is 525 g/mol. The van der Waals surface area contributed by atoms with Crippen LogP contribution in [0.1, 0.15) is 78.8 Å². The number of benzene rings is 2. The Morgan fingerprint density at radius 1 is 0.886 bits per heavy atom. The second-order valence-corrected chi connectivity index (χ2v) is 23.1. The number of hydrogen-bond donors (Lipinski definition) is 0. The molecule has 2 nitrogen and oxygen atoms in total. The quantitative estimate of drug-likeness (QED) is 0.177. The van der Waals surface area contributed by atoms with E-state index < -0.39 is 24.2 Å². The summed E-state index contributed by atoms with van der Waals surface area (Å²) in [5.74, 6) is 1.19. The van der Waals surface area contributed by atoms with Gasteiger partial charge < -0.3 is 0 Å². The molecule has 1 aliphatic rings. The third-order valence-electron chi connectivity index (χ3n) is 7.14. The molecule has 3 rings (SSSR count). The Labute approximate surface area is 235 Å². The van der Waals surface area contributed by atoms with Crippen LogP contribution in [0.4, 0.5) is 0 Å². The van der Waals surface area contributed by atoms with E-state index in [4.69, 9.17) is 3.32 Å². The number of hydrogen-bond acceptors (Lipinski definition) is 2. The van der Waals surface area contributed by atoms with E-state index in [0.717, 1.165) is 0 Å². The Kier molecular flexibility index (Phi) is 15.5. The van der Waals surface area contributed by atoms with Crippen LogP contribution >= 0.6 is 24.8 Å². The summed E-state index contributed by atoms with van der Waals surface area (Å²) in [6.07, 6.45) is 11.3. The van der Waals surface area contributed by atoms with E-state index in [1.54, 1.807) is 11.1 Å². The minimum atomic E-state index is -1.80. The molecule has 2 aromatic carbocycles. The van der Waals surface area contributed by atoms with E-state index in [-0.39, 0.29) is 24.8 Å². The fourth-order valence-electron chi connectivity index (χ4n) is 5.31. The van der Waals surface area contributed by atoms with Crippen molar-refractivity contribution in [2.75, 3.05) is 14.1 Å². The van der Waals surface area contributed by atoms with Crippen LogP contribution in [0.15, 0.2) is 42.5 Å². The molecule has 0 saturated heterocycles. The molecule has 0 amide bonds. The molecule has 0 bridgehead atoms. The summed E-state index contributed by atoms with van der Waals surface area (Å²) < 4.78 is 7.81. The van der Waals surface area contributed by atoms with Crippen LogP contribution in [0.2, 0.25) is 13.1 Å². The monoisotopic (exact) mass is 572 g/mol. The first kappa shape index (κ1) is 32.7. The third-order valence-corrected chi connectivity index (χ3v) is 18.4. The maximum atomic E-state index is 7.19. The summed E-state index contributed by atoms with van der Waals surface area (Å²) in [7, 11) is 4.53. The Morgan fingerprint density at radius 2 is 1.46 bits per heavy atom. The Morgan fingerprint density at radius 3 is 1.97 bits per heavy atom. The molecule has 2 aromatic rings. The molecule has 6 heteroatoms. The predicted octanol–water partition coefficient (Wildman–Crippen LogP) is 8.12. The molecule has 0 N–H and O–H groups in total. The summed E-state index contributed by atoms with van der Waals surface area (Å²) in [5, 5.41) is 0. The van der Waals surface area contributed by atoms with Gasteiger partial charge in [-0.1, -0.05) is 0 Å². The molecular formula is C29H48Cl2NOSiTi. The number of nitrogens with zero attached hydrogens (tertiary/aromatic N) is 1. The van der Waals surface area contributed by atoms with Crippen LogP contribution in [0.3, 0.4) is 0 Å².